The second-order valence-electron chi connectivity index (χ2n) is 4.23. The molecule has 0 aliphatic rings. The first kappa shape index (κ1) is 15.4. The molecule has 0 saturated carbocycles. The fourth-order valence-electron chi connectivity index (χ4n) is 1.52. The Hall–Kier alpha value is -1.66. The summed E-state index contributed by atoms with van der Waals surface area (Å²) in [5.74, 6) is -0.542. The Bertz CT molecular complexity index is 601. The van der Waals surface area contributed by atoms with Crippen molar-refractivity contribution in [1.82, 2.24) is 0 Å². The Morgan fingerprint density at radius 2 is 2.05 bits per heavy atom. The molecule has 19 heavy (non-hydrogen) atoms. The summed E-state index contributed by atoms with van der Waals surface area (Å²) in [5, 5.41) is 0. The fourth-order valence-corrected chi connectivity index (χ4v) is 2.24. The average Bonchev–Trinajstić information content (AvgIpc) is 2.27. The van der Waals surface area contributed by atoms with Gasteiger partial charge in [0, 0.05) is 12.0 Å². The molecule has 0 amide bonds. The summed E-state index contributed by atoms with van der Waals surface area (Å²) >= 11 is 0. The molecule has 0 bridgehead atoms. The van der Waals surface area contributed by atoms with Crippen LogP contribution in [0, 0.1) is 6.92 Å². The second-order valence-corrected chi connectivity index (χ2v) is 5.58. The van der Waals surface area contributed by atoms with E-state index in [-0.39, 0.29) is 23.5 Å². The Morgan fingerprint density at radius 3 is 2.58 bits per heavy atom. The van der Waals surface area contributed by atoms with Gasteiger partial charge in [-0.1, -0.05) is 24.3 Å². The average molecular weight is 283 g/mol. The molecule has 1 rings (SSSR count). The van der Waals surface area contributed by atoms with Gasteiger partial charge in [0.1, 0.15) is 10.1 Å². The lowest BCUT2D eigenvalue weighted by molar-refractivity contribution is -0.138. The zero-order chi connectivity index (χ0) is 14.6. The smallest absolute Gasteiger partial charge is 0.333 e. The van der Waals surface area contributed by atoms with Crippen molar-refractivity contribution in [2.75, 3.05) is 6.61 Å². The van der Waals surface area contributed by atoms with Crippen molar-refractivity contribution >= 4 is 16.1 Å². The van der Waals surface area contributed by atoms with Gasteiger partial charge in [-0.2, -0.15) is 0 Å². The molecule has 0 heterocycles. The number of carbonyl (C=O) groups is 1. The van der Waals surface area contributed by atoms with Crippen molar-refractivity contribution < 1.29 is 22.5 Å². The van der Waals surface area contributed by atoms with E-state index >= 15 is 0 Å². The number of esters is 1. The van der Waals surface area contributed by atoms with Crippen LogP contribution in [0.3, 0.4) is 0 Å². The van der Waals surface area contributed by atoms with Crippen LogP contribution in [0.4, 0.5) is 0 Å². The zero-order valence-electron chi connectivity index (χ0n) is 10.8. The Balaban J connectivity index is 2.86. The predicted molar refractivity (Wildman–Crippen MR) is 68.6 cm³/mol. The normalized spacial score (nSPS) is 11.1. The summed E-state index contributed by atoms with van der Waals surface area (Å²) in [6.45, 7) is 6.73. The van der Waals surface area contributed by atoms with E-state index in [9.17, 15) is 17.8 Å². The minimum Gasteiger partial charge on any atom is -0.744 e. The van der Waals surface area contributed by atoms with Crippen molar-refractivity contribution in [2.24, 2.45) is 0 Å². The van der Waals surface area contributed by atoms with Crippen molar-refractivity contribution in [3.05, 3.63) is 41.5 Å². The van der Waals surface area contributed by atoms with E-state index < -0.39 is 16.1 Å². The van der Waals surface area contributed by atoms with Crippen molar-refractivity contribution in [1.29, 1.82) is 0 Å². The first-order valence-electron chi connectivity index (χ1n) is 5.60. The third kappa shape index (κ3) is 4.50. The summed E-state index contributed by atoms with van der Waals surface area (Å²) in [6.07, 6.45) is 0.164. The maximum absolute atomic E-state index is 11.2. The molecule has 0 atom stereocenters. The van der Waals surface area contributed by atoms with E-state index in [0.29, 0.717) is 5.56 Å². The molecule has 104 valence electrons. The maximum atomic E-state index is 11.2. The number of carbonyl (C=O) groups excluding carboxylic acids is 1. The van der Waals surface area contributed by atoms with Crippen LogP contribution in [-0.2, 0) is 26.1 Å². The van der Waals surface area contributed by atoms with E-state index in [1.807, 2.05) is 0 Å². The minimum atomic E-state index is -4.53. The SMILES string of the molecule is C=C(C)C(=O)OCCc1cc(C)ccc1S(=O)(=O)[O-]. The highest BCUT2D eigenvalue weighted by Gasteiger charge is 2.10. The number of benzene rings is 1. The Morgan fingerprint density at radius 1 is 1.42 bits per heavy atom. The maximum Gasteiger partial charge on any atom is 0.333 e. The first-order chi connectivity index (χ1) is 8.71. The van der Waals surface area contributed by atoms with Gasteiger partial charge in [0.15, 0.2) is 0 Å². The molecule has 0 saturated heterocycles. The molecular formula is C13H15O5S-. The standard InChI is InChI=1S/C13H16O5S/c1-9(2)13(14)18-7-6-11-8-10(3)4-5-12(11)19(15,16)17/h4-5,8H,1,6-7H2,2-3H3,(H,15,16,17)/p-1. The van der Waals surface area contributed by atoms with Crippen LogP contribution < -0.4 is 0 Å². The van der Waals surface area contributed by atoms with Crippen LogP contribution in [0.25, 0.3) is 0 Å². The third-order valence-electron chi connectivity index (χ3n) is 2.44. The van der Waals surface area contributed by atoms with Crippen molar-refractivity contribution in [2.45, 2.75) is 25.2 Å². The van der Waals surface area contributed by atoms with Gasteiger partial charge in [-0.3, -0.25) is 0 Å². The largest absolute Gasteiger partial charge is 0.744 e. The summed E-state index contributed by atoms with van der Waals surface area (Å²) in [7, 11) is -4.53. The number of aryl methyl sites for hydroxylation is 1. The van der Waals surface area contributed by atoms with Crippen LogP contribution in [-0.4, -0.2) is 25.5 Å². The lowest BCUT2D eigenvalue weighted by atomic mass is 10.1. The number of rotatable bonds is 5. The van der Waals surface area contributed by atoms with Gasteiger partial charge < -0.3 is 9.29 Å². The van der Waals surface area contributed by atoms with E-state index in [1.165, 1.54) is 13.0 Å². The molecule has 6 heteroatoms. The topological polar surface area (TPSA) is 83.5 Å². The lowest BCUT2D eigenvalue weighted by Crippen LogP contribution is -2.10. The van der Waals surface area contributed by atoms with Gasteiger partial charge in [-0.05, 0) is 25.5 Å². The zero-order valence-corrected chi connectivity index (χ0v) is 11.6. The van der Waals surface area contributed by atoms with Crippen LogP contribution in [0.1, 0.15) is 18.1 Å². The third-order valence-corrected chi connectivity index (χ3v) is 3.38. The van der Waals surface area contributed by atoms with Crippen LogP contribution >= 0.6 is 0 Å². The first-order valence-corrected chi connectivity index (χ1v) is 7.00. The molecular weight excluding hydrogens is 268 g/mol. The quantitative estimate of drug-likeness (QED) is 0.465. The molecule has 1 aromatic rings. The molecule has 0 N–H and O–H groups in total. The van der Waals surface area contributed by atoms with Crippen molar-refractivity contribution in [3.8, 4) is 0 Å². The summed E-state index contributed by atoms with van der Waals surface area (Å²) in [4.78, 5) is 10.9. The molecule has 0 unspecified atom stereocenters. The van der Waals surface area contributed by atoms with Gasteiger partial charge >= 0.3 is 5.97 Å². The Kier molecular flexibility index (Phi) is 4.85. The van der Waals surface area contributed by atoms with E-state index in [4.69, 9.17) is 4.74 Å². The highest BCUT2D eigenvalue weighted by atomic mass is 32.2. The highest BCUT2D eigenvalue weighted by molar-refractivity contribution is 7.85. The minimum absolute atomic E-state index is 0.00231. The summed E-state index contributed by atoms with van der Waals surface area (Å²) < 4.78 is 38.2. The number of hydrogen-bond acceptors (Lipinski definition) is 5. The predicted octanol–water partition coefficient (Wildman–Crippen LogP) is 1.56. The van der Waals surface area contributed by atoms with Crippen molar-refractivity contribution in [3.63, 3.8) is 0 Å². The molecule has 0 aliphatic carbocycles. The van der Waals surface area contributed by atoms with Gasteiger partial charge in [0.05, 0.1) is 11.5 Å². The van der Waals surface area contributed by atoms with Crippen LogP contribution in [0.5, 0.6) is 0 Å². The fraction of sp³-hybridized carbons (Fsp3) is 0.308. The van der Waals surface area contributed by atoms with Crippen LogP contribution in [0.15, 0.2) is 35.2 Å². The lowest BCUT2D eigenvalue weighted by Gasteiger charge is -2.14. The highest BCUT2D eigenvalue weighted by Crippen LogP contribution is 2.18. The van der Waals surface area contributed by atoms with Gasteiger partial charge in [-0.15, -0.1) is 0 Å². The monoisotopic (exact) mass is 283 g/mol. The molecule has 0 aliphatic heterocycles. The van der Waals surface area contributed by atoms with Crippen LogP contribution in [0.2, 0.25) is 0 Å². The molecule has 0 spiro atoms. The summed E-state index contributed by atoms with van der Waals surface area (Å²) in [5.41, 5.74) is 1.44. The molecule has 1 aromatic carbocycles. The van der Waals surface area contributed by atoms with E-state index in [2.05, 4.69) is 6.58 Å². The molecule has 5 nitrogen and oxygen atoms in total. The van der Waals surface area contributed by atoms with E-state index in [1.54, 1.807) is 19.1 Å². The summed E-state index contributed by atoms with van der Waals surface area (Å²) in [6, 6.07) is 4.42. The number of hydrogen-bond donors (Lipinski definition) is 0. The number of ether oxygens (including phenoxy) is 1. The van der Waals surface area contributed by atoms with E-state index in [0.717, 1.165) is 5.56 Å². The Labute approximate surface area is 112 Å². The van der Waals surface area contributed by atoms with Gasteiger partial charge in [-0.25, -0.2) is 13.2 Å². The van der Waals surface area contributed by atoms with Gasteiger partial charge in [0.25, 0.3) is 0 Å². The molecule has 0 fully saturated rings. The second kappa shape index (κ2) is 5.99. The molecule has 0 radical (unpaired) electrons. The molecule has 0 aromatic heterocycles. The van der Waals surface area contributed by atoms with Gasteiger partial charge in [0.2, 0.25) is 0 Å².